The maximum atomic E-state index is 5.90. The summed E-state index contributed by atoms with van der Waals surface area (Å²) in [5.74, 6) is 0.800. The van der Waals surface area contributed by atoms with Gasteiger partial charge in [-0.05, 0) is 19.1 Å². The van der Waals surface area contributed by atoms with E-state index in [2.05, 4.69) is 4.98 Å². The fraction of sp³-hybridized carbons (Fsp3) is 0.182. The molecule has 0 spiro atoms. The van der Waals surface area contributed by atoms with Crippen LogP contribution in [0.15, 0.2) is 24.3 Å². The molecule has 3 nitrogen and oxygen atoms in total. The van der Waals surface area contributed by atoms with E-state index in [0.29, 0.717) is 0 Å². The Labute approximate surface area is 92.5 Å². The van der Waals surface area contributed by atoms with Gasteiger partial charge in [-0.2, -0.15) is 0 Å². The minimum atomic E-state index is 0.733. The molecule has 0 unspecified atom stereocenters. The number of nitrogens with zero attached hydrogens (tertiary/aromatic N) is 1. The van der Waals surface area contributed by atoms with Gasteiger partial charge in [0.05, 0.1) is 12.1 Å². The topological polar surface area (TPSA) is 48.1 Å². The van der Waals surface area contributed by atoms with Gasteiger partial charge >= 0.3 is 0 Å². The molecule has 0 bridgehead atoms. The van der Waals surface area contributed by atoms with E-state index in [0.717, 1.165) is 27.0 Å². The minimum Gasteiger partial charge on any atom is -0.496 e. The van der Waals surface area contributed by atoms with Crippen molar-refractivity contribution < 1.29 is 4.74 Å². The molecule has 0 atom stereocenters. The third kappa shape index (κ3) is 1.80. The average molecular weight is 220 g/mol. The first-order chi connectivity index (χ1) is 7.22. The number of nitrogens with two attached hydrogens (primary N) is 1. The number of nitrogen functional groups attached to an aromatic ring is 1. The van der Waals surface area contributed by atoms with Gasteiger partial charge in [0.2, 0.25) is 0 Å². The normalized spacial score (nSPS) is 10.3. The molecule has 0 aliphatic carbocycles. The molecule has 1 aromatic carbocycles. The summed E-state index contributed by atoms with van der Waals surface area (Å²) >= 11 is 1.49. The lowest BCUT2D eigenvalue weighted by Crippen LogP contribution is -1.90. The zero-order valence-corrected chi connectivity index (χ0v) is 9.47. The summed E-state index contributed by atoms with van der Waals surface area (Å²) < 4.78 is 5.27. The number of thiazole rings is 1. The molecule has 0 aliphatic rings. The summed E-state index contributed by atoms with van der Waals surface area (Å²) in [6.07, 6.45) is 0. The van der Waals surface area contributed by atoms with Gasteiger partial charge in [0, 0.05) is 5.56 Å². The summed E-state index contributed by atoms with van der Waals surface area (Å²) in [6, 6.07) is 7.75. The van der Waals surface area contributed by atoms with Crippen molar-refractivity contribution in [2.75, 3.05) is 12.8 Å². The highest BCUT2D eigenvalue weighted by Gasteiger charge is 2.12. The van der Waals surface area contributed by atoms with Crippen molar-refractivity contribution in [1.29, 1.82) is 0 Å². The second-order valence-electron chi connectivity index (χ2n) is 3.15. The van der Waals surface area contributed by atoms with Gasteiger partial charge in [0.15, 0.2) is 0 Å². The molecule has 78 valence electrons. The van der Waals surface area contributed by atoms with Crippen LogP contribution in [0.1, 0.15) is 5.01 Å². The average Bonchev–Trinajstić information content (AvgIpc) is 2.57. The monoisotopic (exact) mass is 220 g/mol. The number of rotatable bonds is 2. The number of methoxy groups -OCH3 is 1. The van der Waals surface area contributed by atoms with Gasteiger partial charge < -0.3 is 10.5 Å². The second-order valence-corrected chi connectivity index (χ2v) is 4.38. The third-order valence-corrected chi connectivity index (χ3v) is 2.92. The predicted octanol–water partition coefficient (Wildman–Crippen LogP) is 2.71. The Kier molecular flexibility index (Phi) is 2.60. The van der Waals surface area contributed by atoms with Crippen LogP contribution in [0.25, 0.3) is 11.3 Å². The van der Waals surface area contributed by atoms with E-state index in [9.17, 15) is 0 Å². The van der Waals surface area contributed by atoms with Crippen molar-refractivity contribution in [2.45, 2.75) is 6.92 Å². The van der Waals surface area contributed by atoms with Crippen molar-refractivity contribution in [2.24, 2.45) is 0 Å². The van der Waals surface area contributed by atoms with E-state index in [-0.39, 0.29) is 0 Å². The highest BCUT2D eigenvalue weighted by atomic mass is 32.1. The smallest absolute Gasteiger partial charge is 0.128 e. The molecule has 0 saturated carbocycles. The van der Waals surface area contributed by atoms with Crippen molar-refractivity contribution >= 4 is 16.3 Å². The van der Waals surface area contributed by atoms with Crippen molar-refractivity contribution in [3.8, 4) is 17.0 Å². The number of anilines is 1. The summed E-state index contributed by atoms with van der Waals surface area (Å²) in [5.41, 5.74) is 7.66. The Morgan fingerprint density at radius 3 is 2.67 bits per heavy atom. The lowest BCUT2D eigenvalue weighted by Gasteiger charge is -2.05. The van der Waals surface area contributed by atoms with Crippen LogP contribution >= 0.6 is 11.3 Å². The van der Waals surface area contributed by atoms with Crippen LogP contribution in [0.2, 0.25) is 0 Å². The number of hydrogen-bond acceptors (Lipinski definition) is 4. The highest BCUT2D eigenvalue weighted by Crippen LogP contribution is 2.35. The number of benzene rings is 1. The third-order valence-electron chi connectivity index (χ3n) is 2.12. The lowest BCUT2D eigenvalue weighted by molar-refractivity contribution is 0.416. The summed E-state index contributed by atoms with van der Waals surface area (Å²) in [7, 11) is 1.65. The Morgan fingerprint density at radius 1 is 1.33 bits per heavy atom. The fourth-order valence-electron chi connectivity index (χ4n) is 1.48. The highest BCUT2D eigenvalue weighted by molar-refractivity contribution is 7.16. The number of aromatic nitrogens is 1. The molecular formula is C11H12N2OS. The number of ether oxygens (including phenoxy) is 1. The van der Waals surface area contributed by atoms with E-state index in [1.54, 1.807) is 7.11 Å². The van der Waals surface area contributed by atoms with Crippen LogP contribution in [0.5, 0.6) is 5.75 Å². The van der Waals surface area contributed by atoms with E-state index >= 15 is 0 Å². The molecule has 2 rings (SSSR count). The van der Waals surface area contributed by atoms with Gasteiger partial charge in [-0.3, -0.25) is 0 Å². The van der Waals surface area contributed by atoms with E-state index in [1.165, 1.54) is 11.3 Å². The maximum absolute atomic E-state index is 5.90. The molecule has 15 heavy (non-hydrogen) atoms. The van der Waals surface area contributed by atoms with Crippen LogP contribution in [0.3, 0.4) is 0 Å². The number of para-hydroxylation sites is 1. The van der Waals surface area contributed by atoms with Crippen LogP contribution < -0.4 is 10.5 Å². The predicted molar refractivity (Wildman–Crippen MR) is 63.3 cm³/mol. The minimum absolute atomic E-state index is 0.733. The molecule has 0 saturated heterocycles. The Balaban J connectivity index is 2.58. The van der Waals surface area contributed by atoms with Crippen molar-refractivity contribution in [1.82, 2.24) is 4.98 Å². The fourth-order valence-corrected chi connectivity index (χ4v) is 2.18. The Bertz CT molecular complexity index is 479. The molecule has 4 heteroatoms. The quantitative estimate of drug-likeness (QED) is 0.846. The SMILES string of the molecule is COc1ccccc1-c1nc(C)sc1N. The molecule has 0 amide bonds. The molecular weight excluding hydrogens is 208 g/mol. The largest absolute Gasteiger partial charge is 0.496 e. The van der Waals surface area contributed by atoms with E-state index in [1.807, 2.05) is 31.2 Å². The molecule has 0 radical (unpaired) electrons. The Morgan fingerprint density at radius 2 is 2.07 bits per heavy atom. The number of hydrogen-bond donors (Lipinski definition) is 1. The standard InChI is InChI=1S/C11H12N2OS/c1-7-13-10(11(12)15-7)8-5-3-4-6-9(8)14-2/h3-6H,12H2,1-2H3. The maximum Gasteiger partial charge on any atom is 0.128 e. The van der Waals surface area contributed by atoms with Crippen LogP contribution in [0.4, 0.5) is 5.00 Å². The zero-order chi connectivity index (χ0) is 10.8. The van der Waals surface area contributed by atoms with E-state index in [4.69, 9.17) is 10.5 Å². The first kappa shape index (κ1) is 9.98. The van der Waals surface area contributed by atoms with E-state index < -0.39 is 0 Å². The molecule has 2 N–H and O–H groups in total. The molecule has 0 fully saturated rings. The summed E-state index contributed by atoms with van der Waals surface area (Å²) in [4.78, 5) is 4.40. The zero-order valence-electron chi connectivity index (χ0n) is 8.65. The lowest BCUT2D eigenvalue weighted by atomic mass is 10.1. The van der Waals surface area contributed by atoms with Crippen LogP contribution in [-0.2, 0) is 0 Å². The first-order valence-corrected chi connectivity index (χ1v) is 5.40. The molecule has 1 aromatic heterocycles. The molecule has 2 aromatic rings. The molecule has 1 heterocycles. The van der Waals surface area contributed by atoms with Gasteiger partial charge in [0.25, 0.3) is 0 Å². The second kappa shape index (κ2) is 3.90. The van der Waals surface area contributed by atoms with Gasteiger partial charge in [-0.25, -0.2) is 4.98 Å². The van der Waals surface area contributed by atoms with Gasteiger partial charge in [-0.15, -0.1) is 11.3 Å². The van der Waals surface area contributed by atoms with Crippen LogP contribution in [-0.4, -0.2) is 12.1 Å². The first-order valence-electron chi connectivity index (χ1n) is 4.58. The molecule has 0 aliphatic heterocycles. The Hall–Kier alpha value is -1.55. The van der Waals surface area contributed by atoms with Crippen molar-refractivity contribution in [3.05, 3.63) is 29.3 Å². The summed E-state index contributed by atoms with van der Waals surface area (Å²) in [6.45, 7) is 1.94. The van der Waals surface area contributed by atoms with Gasteiger partial charge in [0.1, 0.15) is 16.4 Å². The summed E-state index contributed by atoms with van der Waals surface area (Å²) in [5, 5.41) is 1.70. The van der Waals surface area contributed by atoms with Crippen molar-refractivity contribution in [3.63, 3.8) is 0 Å². The van der Waals surface area contributed by atoms with Crippen LogP contribution in [0, 0.1) is 6.92 Å². The number of aryl methyl sites for hydroxylation is 1. The van der Waals surface area contributed by atoms with Gasteiger partial charge in [-0.1, -0.05) is 12.1 Å².